The van der Waals surface area contributed by atoms with Crippen molar-refractivity contribution in [2.75, 3.05) is 0 Å². The van der Waals surface area contributed by atoms with Crippen LogP contribution in [-0.4, -0.2) is 9.13 Å². The Hall–Kier alpha value is -5.90. The molecule has 7 aromatic carbocycles. The maximum absolute atomic E-state index is 2.42. The lowest BCUT2D eigenvalue weighted by Crippen LogP contribution is -1.93. The summed E-state index contributed by atoms with van der Waals surface area (Å²) in [4.78, 5) is 0. The molecule has 0 spiro atoms. The van der Waals surface area contributed by atoms with Crippen LogP contribution in [0.3, 0.4) is 0 Å². The third kappa shape index (κ3) is 4.04. The van der Waals surface area contributed by atoms with Gasteiger partial charge in [0.2, 0.25) is 0 Å². The zero-order valence-electron chi connectivity index (χ0n) is 25.5. The van der Waals surface area contributed by atoms with Gasteiger partial charge >= 0.3 is 0 Å². The van der Waals surface area contributed by atoms with E-state index in [9.17, 15) is 0 Å². The van der Waals surface area contributed by atoms with Gasteiger partial charge in [0.15, 0.2) is 0 Å². The summed E-state index contributed by atoms with van der Waals surface area (Å²) in [5.74, 6) is 0. The number of hydrogen-bond donors (Lipinski definition) is 0. The summed E-state index contributed by atoms with van der Waals surface area (Å²) < 4.78 is 7.46. The van der Waals surface area contributed by atoms with Crippen molar-refractivity contribution in [2.24, 2.45) is 0 Å². The molecule has 0 radical (unpaired) electrons. The quantitative estimate of drug-likeness (QED) is 0.186. The SMILES string of the molecule is c1ccc(-n2c3ccccc3c3ccc(-c4ccc(-c5ccc6c(c5)sc5c7ccccc7n(-c7ccccc7)c65)cc4)cc32)cc1. The molecule has 3 heterocycles. The van der Waals surface area contributed by atoms with Crippen molar-refractivity contribution in [3.63, 3.8) is 0 Å². The standard InChI is InChI=1S/C44H28N2S/c1-3-11-33(12-4-1)45-39-17-9-7-15-35(39)36-25-23-31(27-41(36)45)29-19-21-30(22-20-29)32-24-26-38-42(28-32)47-44-37-16-8-10-18-40(37)46(43(38)44)34-13-5-2-6-14-34/h1-28H. The molecule has 0 saturated carbocycles. The minimum atomic E-state index is 1.18. The summed E-state index contributed by atoms with van der Waals surface area (Å²) in [6.07, 6.45) is 0. The fourth-order valence-corrected chi connectivity index (χ4v) is 8.61. The first kappa shape index (κ1) is 26.3. The first-order valence-corrected chi connectivity index (χ1v) is 16.8. The average Bonchev–Trinajstić information content (AvgIpc) is 3.79. The first-order chi connectivity index (χ1) is 23.3. The summed E-state index contributed by atoms with van der Waals surface area (Å²) in [7, 11) is 0. The Morgan fingerprint density at radius 3 is 1.51 bits per heavy atom. The molecule has 0 saturated heterocycles. The van der Waals surface area contributed by atoms with Gasteiger partial charge in [-0.15, -0.1) is 11.3 Å². The van der Waals surface area contributed by atoms with Gasteiger partial charge < -0.3 is 9.13 Å². The Morgan fingerprint density at radius 2 is 0.830 bits per heavy atom. The van der Waals surface area contributed by atoms with E-state index >= 15 is 0 Å². The van der Waals surface area contributed by atoms with E-state index in [0.29, 0.717) is 0 Å². The zero-order valence-corrected chi connectivity index (χ0v) is 26.3. The van der Waals surface area contributed by atoms with Gasteiger partial charge in [-0.2, -0.15) is 0 Å². The van der Waals surface area contributed by atoms with E-state index in [1.165, 1.54) is 86.6 Å². The van der Waals surface area contributed by atoms with Crippen LogP contribution in [-0.2, 0) is 0 Å². The molecule has 0 unspecified atom stereocenters. The van der Waals surface area contributed by atoms with Crippen molar-refractivity contribution in [2.45, 2.75) is 0 Å². The molecule has 3 heteroatoms. The largest absolute Gasteiger partial charge is 0.309 e. The van der Waals surface area contributed by atoms with E-state index in [-0.39, 0.29) is 0 Å². The van der Waals surface area contributed by atoms with Crippen LogP contribution >= 0.6 is 11.3 Å². The summed E-state index contributed by atoms with van der Waals surface area (Å²) in [6, 6.07) is 61.7. The molecule has 10 aromatic rings. The molecule has 2 nitrogen and oxygen atoms in total. The van der Waals surface area contributed by atoms with Gasteiger partial charge in [0.05, 0.1) is 26.8 Å². The third-order valence-corrected chi connectivity index (χ3v) is 10.7. The highest BCUT2D eigenvalue weighted by Gasteiger charge is 2.18. The number of nitrogens with zero attached hydrogens (tertiary/aromatic N) is 2. The number of hydrogen-bond acceptors (Lipinski definition) is 1. The minimum absolute atomic E-state index is 1.18. The highest BCUT2D eigenvalue weighted by molar-refractivity contribution is 7.26. The van der Waals surface area contributed by atoms with Gasteiger partial charge in [-0.25, -0.2) is 0 Å². The number of thiophene rings is 1. The fourth-order valence-electron chi connectivity index (χ4n) is 7.35. The number of para-hydroxylation sites is 4. The second-order valence-corrected chi connectivity index (χ2v) is 13.2. The molecule has 0 aliphatic carbocycles. The summed E-state index contributed by atoms with van der Waals surface area (Å²) in [5, 5.41) is 5.15. The lowest BCUT2D eigenvalue weighted by Gasteiger charge is -2.10. The minimum Gasteiger partial charge on any atom is -0.309 e. The molecular weight excluding hydrogens is 589 g/mol. The topological polar surface area (TPSA) is 9.86 Å². The molecule has 0 amide bonds. The van der Waals surface area contributed by atoms with Gasteiger partial charge in [-0.1, -0.05) is 121 Å². The van der Waals surface area contributed by atoms with Crippen LogP contribution in [0.15, 0.2) is 170 Å². The Balaban J connectivity index is 1.06. The Labute approximate surface area is 276 Å². The smallest absolute Gasteiger partial charge is 0.0727 e. The van der Waals surface area contributed by atoms with E-state index in [2.05, 4.69) is 179 Å². The number of benzene rings is 7. The van der Waals surface area contributed by atoms with E-state index < -0.39 is 0 Å². The van der Waals surface area contributed by atoms with Gasteiger partial charge in [-0.05, 0) is 70.8 Å². The highest BCUT2D eigenvalue weighted by atomic mass is 32.1. The van der Waals surface area contributed by atoms with Crippen LogP contribution in [0.1, 0.15) is 0 Å². The summed E-state index contributed by atoms with van der Waals surface area (Å²) >= 11 is 1.89. The normalized spacial score (nSPS) is 11.8. The van der Waals surface area contributed by atoms with Crippen LogP contribution < -0.4 is 0 Å². The second-order valence-electron chi connectivity index (χ2n) is 12.2. The molecule has 0 N–H and O–H groups in total. The molecule has 0 aliphatic heterocycles. The lowest BCUT2D eigenvalue weighted by molar-refractivity contribution is 1.18. The Bertz CT molecular complexity index is 2760. The predicted octanol–water partition coefficient (Wildman–Crippen LogP) is 12.4. The van der Waals surface area contributed by atoms with E-state index in [4.69, 9.17) is 0 Å². The van der Waals surface area contributed by atoms with Crippen molar-refractivity contribution >= 4 is 64.3 Å². The van der Waals surface area contributed by atoms with Crippen molar-refractivity contribution in [3.8, 4) is 33.6 Å². The number of fused-ring (bicyclic) bond motifs is 8. The number of aromatic nitrogens is 2. The first-order valence-electron chi connectivity index (χ1n) is 16.0. The molecule has 3 aromatic heterocycles. The highest BCUT2D eigenvalue weighted by Crippen LogP contribution is 2.43. The molecule has 10 rings (SSSR count). The van der Waals surface area contributed by atoms with Crippen molar-refractivity contribution < 1.29 is 0 Å². The Morgan fingerprint density at radius 1 is 0.340 bits per heavy atom. The maximum Gasteiger partial charge on any atom is 0.0727 e. The maximum atomic E-state index is 2.42. The van der Waals surface area contributed by atoms with Crippen LogP contribution in [0, 0.1) is 0 Å². The van der Waals surface area contributed by atoms with E-state index in [1.807, 2.05) is 11.3 Å². The van der Waals surface area contributed by atoms with Crippen molar-refractivity contribution in [1.82, 2.24) is 9.13 Å². The molecule has 0 fully saturated rings. The monoisotopic (exact) mass is 616 g/mol. The second kappa shape index (κ2) is 10.3. The molecule has 220 valence electrons. The summed E-state index contributed by atoms with van der Waals surface area (Å²) in [5.41, 5.74) is 12.3. The molecule has 47 heavy (non-hydrogen) atoms. The lowest BCUT2D eigenvalue weighted by atomic mass is 9.99. The predicted molar refractivity (Wildman–Crippen MR) is 201 cm³/mol. The van der Waals surface area contributed by atoms with Crippen LogP contribution in [0.25, 0.3) is 86.6 Å². The Kier molecular flexibility index (Phi) is 5.78. The van der Waals surface area contributed by atoms with Gasteiger partial charge in [0.25, 0.3) is 0 Å². The van der Waals surface area contributed by atoms with Gasteiger partial charge in [0, 0.05) is 37.6 Å². The van der Waals surface area contributed by atoms with Crippen LogP contribution in [0.4, 0.5) is 0 Å². The van der Waals surface area contributed by atoms with Crippen molar-refractivity contribution in [1.29, 1.82) is 0 Å². The summed E-state index contributed by atoms with van der Waals surface area (Å²) in [6.45, 7) is 0. The zero-order chi connectivity index (χ0) is 30.9. The van der Waals surface area contributed by atoms with Crippen LogP contribution in [0.5, 0.6) is 0 Å². The molecule has 0 atom stereocenters. The van der Waals surface area contributed by atoms with Crippen molar-refractivity contribution in [3.05, 3.63) is 170 Å². The molecule has 0 aliphatic rings. The molecule has 0 bridgehead atoms. The van der Waals surface area contributed by atoms with E-state index in [1.54, 1.807) is 0 Å². The van der Waals surface area contributed by atoms with Gasteiger partial charge in [0.1, 0.15) is 0 Å². The third-order valence-electron chi connectivity index (χ3n) is 9.53. The number of rotatable bonds is 4. The fraction of sp³-hybridized carbons (Fsp3) is 0. The average molecular weight is 617 g/mol. The van der Waals surface area contributed by atoms with Crippen LogP contribution in [0.2, 0.25) is 0 Å². The van der Waals surface area contributed by atoms with Gasteiger partial charge in [-0.3, -0.25) is 0 Å². The van der Waals surface area contributed by atoms with E-state index in [0.717, 1.165) is 0 Å². The molecular formula is C44H28N2S.